The van der Waals surface area contributed by atoms with Crippen LogP contribution in [0.4, 0.5) is 4.39 Å². The van der Waals surface area contributed by atoms with E-state index in [1.54, 1.807) is 24.4 Å². The molecule has 0 fully saturated rings. The third-order valence-electron chi connectivity index (χ3n) is 2.76. The van der Waals surface area contributed by atoms with E-state index in [0.717, 1.165) is 5.56 Å². The molecule has 1 aromatic carbocycles. The number of nitriles is 1. The molecule has 0 amide bonds. The zero-order chi connectivity index (χ0) is 13.9. The molecule has 1 N–H and O–H groups in total. The number of aromatic amines is 1. The van der Waals surface area contributed by atoms with E-state index in [1.807, 2.05) is 6.07 Å². The van der Waals surface area contributed by atoms with Gasteiger partial charge in [0.2, 0.25) is 0 Å². The molecule has 0 saturated heterocycles. The third kappa shape index (κ3) is 2.42. The highest BCUT2D eigenvalue weighted by Gasteiger charge is 2.11. The summed E-state index contributed by atoms with van der Waals surface area (Å²) in [5.41, 5.74) is 1.84. The molecule has 0 aliphatic rings. The molecule has 2 heterocycles. The van der Waals surface area contributed by atoms with Gasteiger partial charge in [-0.25, -0.2) is 4.39 Å². The van der Waals surface area contributed by atoms with Crippen LogP contribution in [0.3, 0.4) is 0 Å². The summed E-state index contributed by atoms with van der Waals surface area (Å²) in [5.74, 6) is 0.464. The number of hydrogen-bond acceptors (Lipinski definition) is 4. The first-order valence-corrected chi connectivity index (χ1v) is 5.90. The summed E-state index contributed by atoms with van der Waals surface area (Å²) in [6.45, 7) is 0. The van der Waals surface area contributed by atoms with Crippen molar-refractivity contribution in [3.05, 3.63) is 59.3 Å². The maximum Gasteiger partial charge on any atom is 0.274 e. The van der Waals surface area contributed by atoms with Gasteiger partial charge >= 0.3 is 0 Å². The Morgan fingerprint density at radius 1 is 1.35 bits per heavy atom. The van der Waals surface area contributed by atoms with Crippen LogP contribution in [0.2, 0.25) is 0 Å². The Morgan fingerprint density at radius 2 is 2.25 bits per heavy atom. The molecule has 0 radical (unpaired) electrons. The van der Waals surface area contributed by atoms with Crippen LogP contribution in [0.1, 0.15) is 17.0 Å². The van der Waals surface area contributed by atoms with Crippen molar-refractivity contribution in [1.29, 1.82) is 5.26 Å². The van der Waals surface area contributed by atoms with Crippen LogP contribution >= 0.6 is 0 Å². The first-order chi connectivity index (χ1) is 9.74. The predicted molar refractivity (Wildman–Crippen MR) is 68.0 cm³/mol. The van der Waals surface area contributed by atoms with Crippen molar-refractivity contribution in [1.82, 2.24) is 15.1 Å². The zero-order valence-electron chi connectivity index (χ0n) is 10.3. The van der Waals surface area contributed by atoms with Crippen molar-refractivity contribution >= 4 is 0 Å². The van der Waals surface area contributed by atoms with Gasteiger partial charge in [0, 0.05) is 12.6 Å². The summed E-state index contributed by atoms with van der Waals surface area (Å²) in [6.07, 6.45) is 1.94. The van der Waals surface area contributed by atoms with Gasteiger partial charge in [-0.05, 0) is 23.8 Å². The molecule has 0 aliphatic heterocycles. The minimum atomic E-state index is -0.297. The Hall–Kier alpha value is -2.94. The van der Waals surface area contributed by atoms with E-state index >= 15 is 0 Å². The molecule has 5 nitrogen and oxygen atoms in total. The van der Waals surface area contributed by atoms with Gasteiger partial charge in [-0.15, -0.1) is 0 Å². The fourth-order valence-corrected chi connectivity index (χ4v) is 1.85. The first kappa shape index (κ1) is 12.1. The maximum atomic E-state index is 13.1. The van der Waals surface area contributed by atoms with Gasteiger partial charge in [0.05, 0.1) is 5.56 Å². The second kappa shape index (κ2) is 4.97. The van der Waals surface area contributed by atoms with Crippen molar-refractivity contribution in [2.24, 2.45) is 0 Å². The average Bonchev–Trinajstić information content (AvgIpc) is 3.07. The van der Waals surface area contributed by atoms with Crippen LogP contribution in [0.25, 0.3) is 11.6 Å². The van der Waals surface area contributed by atoms with Gasteiger partial charge in [-0.3, -0.25) is 0 Å². The van der Waals surface area contributed by atoms with Crippen molar-refractivity contribution < 1.29 is 8.91 Å². The lowest BCUT2D eigenvalue weighted by Gasteiger charge is -1.95. The Kier molecular flexibility index (Phi) is 3.01. The molecule has 6 heteroatoms. The average molecular weight is 268 g/mol. The van der Waals surface area contributed by atoms with Crippen molar-refractivity contribution in [3.63, 3.8) is 0 Å². The number of benzene rings is 1. The highest BCUT2D eigenvalue weighted by atomic mass is 19.1. The molecule has 0 spiro atoms. The van der Waals surface area contributed by atoms with E-state index < -0.39 is 0 Å². The van der Waals surface area contributed by atoms with Crippen LogP contribution in [0.15, 0.2) is 41.1 Å². The fraction of sp³-hybridized carbons (Fsp3) is 0.0714. The molecule has 2 aromatic heterocycles. The summed E-state index contributed by atoms with van der Waals surface area (Å²) in [4.78, 5) is 7.09. The van der Waals surface area contributed by atoms with Crippen LogP contribution in [-0.2, 0) is 6.42 Å². The molecular formula is C14H9FN4O. The van der Waals surface area contributed by atoms with Crippen LogP contribution < -0.4 is 0 Å². The van der Waals surface area contributed by atoms with Gasteiger partial charge in [0.1, 0.15) is 17.6 Å². The molecule has 3 aromatic rings. The maximum absolute atomic E-state index is 13.1. The molecule has 0 bridgehead atoms. The number of nitrogens with one attached hydrogen (secondary N) is 1. The number of nitrogens with zero attached hydrogens (tertiary/aromatic N) is 3. The Balaban J connectivity index is 1.82. The molecule has 3 rings (SSSR count). The summed E-state index contributed by atoms with van der Waals surface area (Å²) >= 11 is 0. The normalized spacial score (nSPS) is 10.4. The quantitative estimate of drug-likeness (QED) is 0.792. The molecule has 0 unspecified atom stereocenters. The van der Waals surface area contributed by atoms with Gasteiger partial charge in [0.25, 0.3) is 5.89 Å². The highest BCUT2D eigenvalue weighted by molar-refractivity contribution is 5.51. The van der Waals surface area contributed by atoms with E-state index in [1.165, 1.54) is 12.1 Å². The predicted octanol–water partition coefficient (Wildman–Crippen LogP) is 2.67. The summed E-state index contributed by atoms with van der Waals surface area (Å²) < 4.78 is 18.2. The van der Waals surface area contributed by atoms with Crippen LogP contribution in [0.5, 0.6) is 0 Å². The Morgan fingerprint density at radius 3 is 3.00 bits per heavy atom. The minimum absolute atomic E-state index is 0.297. The van der Waals surface area contributed by atoms with E-state index in [4.69, 9.17) is 9.78 Å². The summed E-state index contributed by atoms with van der Waals surface area (Å²) in [5, 5.41) is 12.6. The molecule has 0 aliphatic carbocycles. The van der Waals surface area contributed by atoms with E-state index in [9.17, 15) is 4.39 Å². The Labute approximate surface area is 113 Å². The molecule has 0 saturated carbocycles. The zero-order valence-corrected chi connectivity index (χ0v) is 10.3. The number of halogens is 1. The van der Waals surface area contributed by atoms with Gasteiger partial charge < -0.3 is 9.51 Å². The van der Waals surface area contributed by atoms with Crippen LogP contribution in [-0.4, -0.2) is 15.1 Å². The number of rotatable bonds is 3. The monoisotopic (exact) mass is 268 g/mol. The second-order valence-electron chi connectivity index (χ2n) is 4.24. The standard InChI is InChI=1S/C14H9FN4O/c15-11-3-1-2-9(4-11)6-13-18-14(20-19-13)12-5-10(7-16)8-17-12/h1-5,8,17H,6H2. The van der Waals surface area contributed by atoms with Crippen LogP contribution in [0, 0.1) is 17.1 Å². The topological polar surface area (TPSA) is 78.5 Å². The van der Waals surface area contributed by atoms with Crippen molar-refractivity contribution in [2.75, 3.05) is 0 Å². The van der Waals surface area contributed by atoms with Gasteiger partial charge in [-0.2, -0.15) is 10.2 Å². The van der Waals surface area contributed by atoms with Gasteiger partial charge in [-0.1, -0.05) is 17.3 Å². The van der Waals surface area contributed by atoms with E-state index in [0.29, 0.717) is 29.4 Å². The first-order valence-electron chi connectivity index (χ1n) is 5.90. The number of H-pyrrole nitrogens is 1. The highest BCUT2D eigenvalue weighted by Crippen LogP contribution is 2.17. The molecular weight excluding hydrogens is 259 g/mol. The molecule has 20 heavy (non-hydrogen) atoms. The molecule has 98 valence electrons. The smallest absolute Gasteiger partial charge is 0.274 e. The van der Waals surface area contributed by atoms with Crippen molar-refractivity contribution in [2.45, 2.75) is 6.42 Å². The van der Waals surface area contributed by atoms with E-state index in [2.05, 4.69) is 15.1 Å². The fourth-order valence-electron chi connectivity index (χ4n) is 1.85. The minimum Gasteiger partial charge on any atom is -0.356 e. The summed E-state index contributed by atoms with van der Waals surface area (Å²) in [6, 6.07) is 9.87. The van der Waals surface area contributed by atoms with E-state index in [-0.39, 0.29) is 5.82 Å². The van der Waals surface area contributed by atoms with Crippen molar-refractivity contribution in [3.8, 4) is 17.7 Å². The van der Waals surface area contributed by atoms with Gasteiger partial charge in [0.15, 0.2) is 5.82 Å². The largest absolute Gasteiger partial charge is 0.356 e. The number of aromatic nitrogens is 3. The number of hydrogen-bond donors (Lipinski definition) is 1. The lowest BCUT2D eigenvalue weighted by atomic mass is 10.1. The second-order valence-corrected chi connectivity index (χ2v) is 4.24. The Bertz CT molecular complexity index is 784. The molecule has 0 atom stereocenters. The SMILES string of the molecule is N#Cc1c[nH]c(-c2nc(Cc3cccc(F)c3)no2)c1. The lowest BCUT2D eigenvalue weighted by molar-refractivity contribution is 0.423. The lowest BCUT2D eigenvalue weighted by Crippen LogP contribution is -1.91. The summed E-state index contributed by atoms with van der Waals surface area (Å²) in [7, 11) is 0. The third-order valence-corrected chi connectivity index (χ3v) is 2.76.